The first kappa shape index (κ1) is 13.3. The third kappa shape index (κ3) is 2.63. The topological polar surface area (TPSA) is 20.3 Å². The van der Waals surface area contributed by atoms with Crippen LogP contribution in [0.4, 0.5) is 13.2 Å². The highest BCUT2D eigenvalue weighted by Crippen LogP contribution is 2.22. The van der Waals surface area contributed by atoms with Crippen molar-refractivity contribution in [3.8, 4) is 0 Å². The standard InChI is InChI=1S/C12H12F3NOS/c13-9-1-7(2-10(14)12(9)15)4-16-5-8(6-18)3-11(16)17/h1-2,8,18H,3-6H2. The highest BCUT2D eigenvalue weighted by molar-refractivity contribution is 7.80. The van der Waals surface area contributed by atoms with Crippen LogP contribution in [0.25, 0.3) is 0 Å². The molecule has 98 valence electrons. The number of carbonyl (C=O) groups is 1. The highest BCUT2D eigenvalue weighted by atomic mass is 32.1. The maximum atomic E-state index is 13.0. The minimum Gasteiger partial charge on any atom is -0.338 e. The Labute approximate surface area is 108 Å². The van der Waals surface area contributed by atoms with Gasteiger partial charge in [0.25, 0.3) is 0 Å². The van der Waals surface area contributed by atoms with Gasteiger partial charge < -0.3 is 4.90 Å². The minimum absolute atomic E-state index is 0.0702. The summed E-state index contributed by atoms with van der Waals surface area (Å²) in [6.07, 6.45) is 0.398. The van der Waals surface area contributed by atoms with Gasteiger partial charge in [0.2, 0.25) is 5.91 Å². The summed E-state index contributed by atoms with van der Waals surface area (Å²) in [6.45, 7) is 0.611. The largest absolute Gasteiger partial charge is 0.338 e. The van der Waals surface area contributed by atoms with E-state index in [4.69, 9.17) is 0 Å². The monoisotopic (exact) mass is 275 g/mol. The van der Waals surface area contributed by atoms with E-state index < -0.39 is 17.5 Å². The zero-order valence-electron chi connectivity index (χ0n) is 9.50. The molecule has 6 heteroatoms. The molecule has 0 aromatic heterocycles. The van der Waals surface area contributed by atoms with Crippen molar-refractivity contribution in [3.05, 3.63) is 35.1 Å². The quantitative estimate of drug-likeness (QED) is 0.663. The predicted molar refractivity (Wildman–Crippen MR) is 63.7 cm³/mol. The maximum Gasteiger partial charge on any atom is 0.223 e. The van der Waals surface area contributed by atoms with E-state index in [9.17, 15) is 18.0 Å². The number of likely N-dealkylation sites (tertiary alicyclic amines) is 1. The lowest BCUT2D eigenvalue weighted by atomic mass is 10.1. The Morgan fingerprint density at radius 2 is 1.89 bits per heavy atom. The number of halogens is 3. The number of benzene rings is 1. The SMILES string of the molecule is O=C1CC(CS)CN1Cc1cc(F)c(F)c(F)c1. The second-order valence-electron chi connectivity index (χ2n) is 4.40. The molecule has 2 rings (SSSR count). The van der Waals surface area contributed by atoms with Gasteiger partial charge in [0.05, 0.1) is 0 Å². The first-order chi connectivity index (χ1) is 8.51. The average Bonchev–Trinajstić information content (AvgIpc) is 2.67. The Balaban J connectivity index is 2.13. The molecule has 2 nitrogen and oxygen atoms in total. The Hall–Kier alpha value is -1.17. The molecule has 1 aromatic carbocycles. The number of amides is 1. The molecular formula is C12H12F3NOS. The van der Waals surface area contributed by atoms with Crippen LogP contribution in [0.5, 0.6) is 0 Å². The molecule has 0 bridgehead atoms. The third-order valence-corrected chi connectivity index (χ3v) is 3.49. The molecule has 0 radical (unpaired) electrons. The van der Waals surface area contributed by atoms with Crippen LogP contribution in [0.3, 0.4) is 0 Å². The summed E-state index contributed by atoms with van der Waals surface area (Å²) in [5, 5.41) is 0. The minimum atomic E-state index is -1.49. The van der Waals surface area contributed by atoms with Gasteiger partial charge in [0.15, 0.2) is 17.5 Å². The first-order valence-electron chi connectivity index (χ1n) is 5.53. The molecule has 1 unspecified atom stereocenters. The van der Waals surface area contributed by atoms with Crippen LogP contribution in [0, 0.1) is 23.4 Å². The van der Waals surface area contributed by atoms with Crippen molar-refractivity contribution in [2.75, 3.05) is 12.3 Å². The van der Waals surface area contributed by atoms with Crippen molar-refractivity contribution < 1.29 is 18.0 Å². The smallest absolute Gasteiger partial charge is 0.223 e. The average molecular weight is 275 g/mol. The van der Waals surface area contributed by atoms with Gasteiger partial charge >= 0.3 is 0 Å². The fourth-order valence-electron chi connectivity index (χ4n) is 2.05. The van der Waals surface area contributed by atoms with Crippen LogP contribution < -0.4 is 0 Å². The number of hydrogen-bond donors (Lipinski definition) is 1. The Morgan fingerprint density at radius 3 is 2.39 bits per heavy atom. The summed E-state index contributed by atoms with van der Waals surface area (Å²) in [5.41, 5.74) is 0.250. The molecule has 18 heavy (non-hydrogen) atoms. The molecular weight excluding hydrogens is 263 g/mol. The van der Waals surface area contributed by atoms with Crippen molar-refractivity contribution in [2.45, 2.75) is 13.0 Å². The molecule has 1 heterocycles. The van der Waals surface area contributed by atoms with Gasteiger partial charge in [-0.1, -0.05) is 0 Å². The zero-order chi connectivity index (χ0) is 13.3. The molecule has 1 atom stereocenters. The number of thiol groups is 1. The fourth-order valence-corrected chi connectivity index (χ4v) is 2.29. The lowest BCUT2D eigenvalue weighted by Crippen LogP contribution is -2.25. The molecule has 0 spiro atoms. The molecule has 1 fully saturated rings. The summed E-state index contributed by atoms with van der Waals surface area (Å²) in [6, 6.07) is 1.83. The van der Waals surface area contributed by atoms with Crippen LogP contribution in [0.2, 0.25) is 0 Å². The van der Waals surface area contributed by atoms with Crippen molar-refractivity contribution in [1.29, 1.82) is 0 Å². The molecule has 1 amide bonds. The Morgan fingerprint density at radius 1 is 1.28 bits per heavy atom. The zero-order valence-corrected chi connectivity index (χ0v) is 10.4. The summed E-state index contributed by atoms with van der Waals surface area (Å²) < 4.78 is 38.8. The van der Waals surface area contributed by atoms with Crippen molar-refractivity contribution in [3.63, 3.8) is 0 Å². The van der Waals surface area contributed by atoms with Gasteiger partial charge in [-0.15, -0.1) is 0 Å². The lowest BCUT2D eigenvalue weighted by Gasteiger charge is -2.16. The molecule has 0 saturated carbocycles. The second-order valence-corrected chi connectivity index (χ2v) is 4.77. The number of rotatable bonds is 3. The maximum absolute atomic E-state index is 13.0. The van der Waals surface area contributed by atoms with Crippen molar-refractivity contribution in [2.24, 2.45) is 5.92 Å². The third-order valence-electron chi connectivity index (χ3n) is 2.97. The van der Waals surface area contributed by atoms with Crippen LogP contribution >= 0.6 is 12.6 Å². The van der Waals surface area contributed by atoms with Crippen molar-refractivity contribution in [1.82, 2.24) is 4.90 Å². The summed E-state index contributed by atoms with van der Waals surface area (Å²) >= 11 is 4.12. The van der Waals surface area contributed by atoms with Crippen LogP contribution in [-0.2, 0) is 11.3 Å². The van der Waals surface area contributed by atoms with Gasteiger partial charge in [-0.2, -0.15) is 12.6 Å². The van der Waals surface area contributed by atoms with Crippen LogP contribution in [0.1, 0.15) is 12.0 Å². The molecule has 1 aromatic rings. The van der Waals surface area contributed by atoms with Gasteiger partial charge in [-0.05, 0) is 29.4 Å². The second kappa shape index (κ2) is 5.22. The van der Waals surface area contributed by atoms with Gasteiger partial charge in [-0.3, -0.25) is 4.79 Å². The predicted octanol–water partition coefficient (Wildman–Crippen LogP) is 2.38. The molecule has 1 aliphatic rings. The van der Waals surface area contributed by atoms with Crippen LogP contribution in [0.15, 0.2) is 12.1 Å². The molecule has 1 saturated heterocycles. The normalized spacial score (nSPS) is 19.7. The molecule has 0 aliphatic carbocycles. The summed E-state index contributed by atoms with van der Waals surface area (Å²) in [5.74, 6) is -3.27. The van der Waals surface area contributed by atoms with E-state index in [-0.39, 0.29) is 23.9 Å². The van der Waals surface area contributed by atoms with E-state index in [1.165, 1.54) is 4.90 Å². The van der Waals surface area contributed by atoms with E-state index in [0.717, 1.165) is 12.1 Å². The van der Waals surface area contributed by atoms with Gasteiger partial charge in [0.1, 0.15) is 0 Å². The van der Waals surface area contributed by atoms with E-state index in [2.05, 4.69) is 12.6 Å². The van der Waals surface area contributed by atoms with Gasteiger partial charge in [-0.25, -0.2) is 13.2 Å². The summed E-state index contributed by atoms with van der Waals surface area (Å²) in [4.78, 5) is 13.1. The van der Waals surface area contributed by atoms with E-state index in [1.54, 1.807) is 0 Å². The first-order valence-corrected chi connectivity index (χ1v) is 6.16. The molecule has 0 N–H and O–H groups in total. The van der Waals surface area contributed by atoms with E-state index in [0.29, 0.717) is 18.7 Å². The highest BCUT2D eigenvalue weighted by Gasteiger charge is 2.28. The lowest BCUT2D eigenvalue weighted by molar-refractivity contribution is -0.128. The van der Waals surface area contributed by atoms with E-state index >= 15 is 0 Å². The molecule has 1 aliphatic heterocycles. The van der Waals surface area contributed by atoms with Crippen LogP contribution in [-0.4, -0.2) is 23.1 Å². The van der Waals surface area contributed by atoms with E-state index in [1.807, 2.05) is 0 Å². The van der Waals surface area contributed by atoms with Gasteiger partial charge in [0, 0.05) is 19.5 Å². The fraction of sp³-hybridized carbons (Fsp3) is 0.417. The number of carbonyl (C=O) groups excluding carboxylic acids is 1. The Bertz CT molecular complexity index is 457. The summed E-state index contributed by atoms with van der Waals surface area (Å²) in [7, 11) is 0. The van der Waals surface area contributed by atoms with Crippen molar-refractivity contribution >= 4 is 18.5 Å². The number of hydrogen-bond acceptors (Lipinski definition) is 2. The number of nitrogens with zero attached hydrogens (tertiary/aromatic N) is 1. The Kier molecular flexibility index (Phi) is 3.85.